The van der Waals surface area contributed by atoms with Crippen molar-refractivity contribution in [3.8, 4) is 0 Å². The third-order valence-electron chi connectivity index (χ3n) is 3.17. The van der Waals surface area contributed by atoms with Gasteiger partial charge in [-0.3, -0.25) is 4.98 Å². The summed E-state index contributed by atoms with van der Waals surface area (Å²) in [5.74, 6) is 0.845. The van der Waals surface area contributed by atoms with Crippen molar-refractivity contribution in [1.29, 1.82) is 0 Å². The molecule has 0 atom stereocenters. The van der Waals surface area contributed by atoms with Crippen LogP contribution in [0.3, 0.4) is 0 Å². The van der Waals surface area contributed by atoms with Crippen LogP contribution < -0.4 is 5.32 Å². The van der Waals surface area contributed by atoms with Gasteiger partial charge < -0.3 is 5.32 Å². The maximum Gasteiger partial charge on any atom is 0.180 e. The number of anilines is 1. The van der Waals surface area contributed by atoms with E-state index in [0.717, 1.165) is 35.2 Å². The topological polar surface area (TPSA) is 50.7 Å². The summed E-state index contributed by atoms with van der Waals surface area (Å²) in [6.07, 6.45) is 5.43. The minimum Gasteiger partial charge on any atom is -0.370 e. The Labute approximate surface area is 131 Å². The van der Waals surface area contributed by atoms with Gasteiger partial charge in [-0.05, 0) is 42.7 Å². The summed E-state index contributed by atoms with van der Waals surface area (Å²) in [7, 11) is 0. The molecule has 5 heteroatoms. The average molecular weight is 343 g/mol. The first kappa shape index (κ1) is 13.9. The molecule has 0 aliphatic heterocycles. The van der Waals surface area contributed by atoms with E-state index in [4.69, 9.17) is 0 Å². The zero-order valence-corrected chi connectivity index (χ0v) is 13.0. The van der Waals surface area contributed by atoms with Crippen molar-refractivity contribution < 1.29 is 0 Å². The number of hydrogen-bond acceptors (Lipinski definition) is 4. The minimum absolute atomic E-state index is 0.675. The summed E-state index contributed by atoms with van der Waals surface area (Å²) in [4.78, 5) is 12.9. The van der Waals surface area contributed by atoms with Gasteiger partial charge in [0.2, 0.25) is 0 Å². The van der Waals surface area contributed by atoms with Gasteiger partial charge in [0.15, 0.2) is 5.65 Å². The Morgan fingerprint density at radius 1 is 1.05 bits per heavy atom. The van der Waals surface area contributed by atoms with Crippen LogP contribution in [-0.4, -0.2) is 21.5 Å². The van der Waals surface area contributed by atoms with E-state index in [-0.39, 0.29) is 0 Å². The van der Waals surface area contributed by atoms with Crippen LogP contribution in [0, 0.1) is 0 Å². The molecule has 0 saturated carbocycles. The van der Waals surface area contributed by atoms with Crippen molar-refractivity contribution in [3.05, 3.63) is 58.8 Å². The van der Waals surface area contributed by atoms with Crippen molar-refractivity contribution in [3.63, 3.8) is 0 Å². The number of nitrogens with zero attached hydrogens (tertiary/aromatic N) is 3. The van der Waals surface area contributed by atoms with Crippen molar-refractivity contribution >= 4 is 32.9 Å². The van der Waals surface area contributed by atoms with Crippen molar-refractivity contribution in [2.75, 3.05) is 11.9 Å². The predicted octanol–water partition coefficient (Wildman–Crippen LogP) is 3.83. The molecule has 0 fully saturated rings. The highest BCUT2D eigenvalue weighted by atomic mass is 79.9. The molecule has 2 aromatic heterocycles. The van der Waals surface area contributed by atoms with E-state index in [1.807, 2.05) is 18.2 Å². The van der Waals surface area contributed by atoms with Gasteiger partial charge in [0.05, 0.1) is 0 Å². The van der Waals surface area contributed by atoms with Crippen LogP contribution in [0.5, 0.6) is 0 Å². The molecule has 1 N–H and O–H groups in total. The fourth-order valence-electron chi connectivity index (χ4n) is 2.15. The number of nitrogens with one attached hydrogen (secondary N) is 1. The maximum absolute atomic E-state index is 4.44. The van der Waals surface area contributed by atoms with E-state index >= 15 is 0 Å². The Bertz CT molecular complexity index is 745. The number of fused-ring (bicyclic) bond motifs is 1. The third-order valence-corrected chi connectivity index (χ3v) is 3.66. The van der Waals surface area contributed by atoms with Gasteiger partial charge in [-0.2, -0.15) is 0 Å². The zero-order valence-electron chi connectivity index (χ0n) is 11.5. The number of rotatable bonds is 5. The number of aryl methyl sites for hydroxylation is 1. The van der Waals surface area contributed by atoms with E-state index < -0.39 is 0 Å². The summed E-state index contributed by atoms with van der Waals surface area (Å²) >= 11 is 3.49. The Morgan fingerprint density at radius 2 is 1.95 bits per heavy atom. The van der Waals surface area contributed by atoms with E-state index in [2.05, 4.69) is 54.4 Å². The first-order valence-electron chi connectivity index (χ1n) is 6.87. The molecule has 0 amide bonds. The maximum atomic E-state index is 4.44. The van der Waals surface area contributed by atoms with Crippen LogP contribution in [0.25, 0.3) is 11.2 Å². The normalized spacial score (nSPS) is 10.7. The van der Waals surface area contributed by atoms with Crippen LogP contribution in [0.4, 0.5) is 5.82 Å². The second-order valence-electron chi connectivity index (χ2n) is 4.76. The van der Waals surface area contributed by atoms with Crippen LogP contribution >= 0.6 is 15.9 Å². The Kier molecular flexibility index (Phi) is 4.40. The number of halogens is 1. The molecule has 0 saturated heterocycles. The highest BCUT2D eigenvalue weighted by Gasteiger charge is 1.99. The smallest absolute Gasteiger partial charge is 0.180 e. The van der Waals surface area contributed by atoms with Gasteiger partial charge in [0.1, 0.15) is 11.3 Å². The van der Waals surface area contributed by atoms with Gasteiger partial charge >= 0.3 is 0 Å². The molecule has 0 bridgehead atoms. The molecular formula is C16H15BrN4. The first-order chi connectivity index (χ1) is 10.3. The first-order valence-corrected chi connectivity index (χ1v) is 7.67. The van der Waals surface area contributed by atoms with E-state index in [1.54, 1.807) is 12.4 Å². The Balaban J connectivity index is 1.54. The number of aromatic nitrogens is 3. The van der Waals surface area contributed by atoms with Crippen molar-refractivity contribution in [2.45, 2.75) is 12.8 Å². The largest absolute Gasteiger partial charge is 0.370 e. The predicted molar refractivity (Wildman–Crippen MR) is 88.3 cm³/mol. The molecule has 0 spiro atoms. The molecule has 3 aromatic rings. The van der Waals surface area contributed by atoms with Gasteiger partial charge in [-0.15, -0.1) is 0 Å². The summed E-state index contributed by atoms with van der Waals surface area (Å²) in [6.45, 7) is 0.880. The quantitative estimate of drug-likeness (QED) is 0.716. The van der Waals surface area contributed by atoms with Crippen LogP contribution in [0.1, 0.15) is 12.0 Å². The molecule has 1 aromatic carbocycles. The second kappa shape index (κ2) is 6.63. The minimum atomic E-state index is 0.675. The summed E-state index contributed by atoms with van der Waals surface area (Å²) in [6, 6.07) is 12.3. The molecule has 0 unspecified atom stereocenters. The molecule has 4 nitrogen and oxygen atoms in total. The second-order valence-corrected chi connectivity index (χ2v) is 5.67. The fraction of sp³-hybridized carbons (Fsp3) is 0.188. The Hall–Kier alpha value is -2.01. The molecule has 2 heterocycles. The van der Waals surface area contributed by atoms with Crippen LogP contribution in [0.15, 0.2) is 53.3 Å². The lowest BCUT2D eigenvalue weighted by atomic mass is 10.1. The SMILES string of the molecule is Brc1cccc(CCCNc2ccc3nccnc3n2)c1. The molecule has 0 aliphatic carbocycles. The highest BCUT2D eigenvalue weighted by molar-refractivity contribution is 9.10. The molecule has 3 rings (SSSR count). The van der Waals surface area contributed by atoms with Crippen molar-refractivity contribution in [1.82, 2.24) is 15.0 Å². The number of pyridine rings is 1. The van der Waals surface area contributed by atoms with Gasteiger partial charge in [-0.25, -0.2) is 9.97 Å². The van der Waals surface area contributed by atoms with Crippen LogP contribution in [-0.2, 0) is 6.42 Å². The summed E-state index contributed by atoms with van der Waals surface area (Å²) < 4.78 is 1.13. The Morgan fingerprint density at radius 3 is 2.86 bits per heavy atom. The molecule has 106 valence electrons. The van der Waals surface area contributed by atoms with Crippen LogP contribution in [0.2, 0.25) is 0 Å². The molecule has 21 heavy (non-hydrogen) atoms. The lowest BCUT2D eigenvalue weighted by Crippen LogP contribution is -2.05. The van der Waals surface area contributed by atoms with Gasteiger partial charge in [0.25, 0.3) is 0 Å². The standard InChI is InChI=1S/C16H15BrN4/c17-13-5-1-3-12(11-13)4-2-8-19-15-7-6-14-16(21-15)20-10-9-18-14/h1,3,5-7,9-11H,2,4,8H2,(H,19,20,21). The summed E-state index contributed by atoms with van der Waals surface area (Å²) in [5, 5.41) is 3.33. The highest BCUT2D eigenvalue weighted by Crippen LogP contribution is 2.13. The van der Waals surface area contributed by atoms with E-state index in [0.29, 0.717) is 5.65 Å². The lowest BCUT2D eigenvalue weighted by molar-refractivity contribution is 0.859. The molecule has 0 radical (unpaired) electrons. The molecule has 0 aliphatic rings. The summed E-state index contributed by atoms with van der Waals surface area (Å²) in [5.41, 5.74) is 2.83. The fourth-order valence-corrected chi connectivity index (χ4v) is 2.60. The van der Waals surface area contributed by atoms with Gasteiger partial charge in [0, 0.05) is 23.4 Å². The van der Waals surface area contributed by atoms with Gasteiger partial charge in [-0.1, -0.05) is 28.1 Å². The number of benzene rings is 1. The average Bonchev–Trinajstić information content (AvgIpc) is 2.51. The van der Waals surface area contributed by atoms with Crippen molar-refractivity contribution in [2.24, 2.45) is 0 Å². The third kappa shape index (κ3) is 3.76. The van der Waals surface area contributed by atoms with E-state index in [1.165, 1.54) is 5.56 Å². The lowest BCUT2D eigenvalue weighted by Gasteiger charge is -2.06. The monoisotopic (exact) mass is 342 g/mol. The van der Waals surface area contributed by atoms with E-state index in [9.17, 15) is 0 Å². The number of hydrogen-bond donors (Lipinski definition) is 1. The molecular weight excluding hydrogens is 328 g/mol. The zero-order chi connectivity index (χ0) is 14.5.